The van der Waals surface area contributed by atoms with Gasteiger partial charge in [0.15, 0.2) is 5.82 Å². The number of rotatable bonds is 2. The molecule has 0 unspecified atom stereocenters. The molecule has 0 saturated carbocycles. The SMILES string of the molecule is CNc1cccc(CO)c1F. The van der Waals surface area contributed by atoms with E-state index in [1.54, 1.807) is 25.2 Å². The zero-order valence-electron chi connectivity index (χ0n) is 6.26. The second-order valence-electron chi connectivity index (χ2n) is 2.19. The van der Waals surface area contributed by atoms with Crippen molar-refractivity contribution >= 4 is 5.69 Å². The van der Waals surface area contributed by atoms with E-state index in [9.17, 15) is 4.39 Å². The molecule has 0 fully saturated rings. The first-order valence-corrected chi connectivity index (χ1v) is 3.35. The summed E-state index contributed by atoms with van der Waals surface area (Å²) in [5, 5.41) is 11.4. The molecule has 2 nitrogen and oxygen atoms in total. The van der Waals surface area contributed by atoms with Gasteiger partial charge in [0.25, 0.3) is 0 Å². The lowest BCUT2D eigenvalue weighted by atomic mass is 10.2. The van der Waals surface area contributed by atoms with Gasteiger partial charge in [0.2, 0.25) is 0 Å². The molecule has 0 atom stereocenters. The quantitative estimate of drug-likeness (QED) is 0.675. The molecule has 0 saturated heterocycles. The predicted octanol–water partition coefficient (Wildman–Crippen LogP) is 1.36. The van der Waals surface area contributed by atoms with Crippen LogP contribution in [0.2, 0.25) is 0 Å². The van der Waals surface area contributed by atoms with Crippen LogP contribution in [0.25, 0.3) is 0 Å². The standard InChI is InChI=1S/C8H10FNO/c1-10-7-4-2-3-6(5-11)8(7)9/h2-4,10-11H,5H2,1H3. The van der Waals surface area contributed by atoms with E-state index in [4.69, 9.17) is 5.11 Å². The average Bonchev–Trinajstić information content (AvgIpc) is 2.05. The van der Waals surface area contributed by atoms with Crippen LogP contribution < -0.4 is 5.32 Å². The summed E-state index contributed by atoms with van der Waals surface area (Å²) in [7, 11) is 1.64. The molecular weight excluding hydrogens is 145 g/mol. The van der Waals surface area contributed by atoms with E-state index in [-0.39, 0.29) is 12.4 Å². The largest absolute Gasteiger partial charge is 0.392 e. The third-order valence-corrected chi connectivity index (χ3v) is 1.52. The molecule has 0 aliphatic rings. The van der Waals surface area contributed by atoms with E-state index in [1.807, 2.05) is 0 Å². The number of halogens is 1. The molecule has 0 amide bonds. The fraction of sp³-hybridized carbons (Fsp3) is 0.250. The number of nitrogens with one attached hydrogen (secondary N) is 1. The maximum absolute atomic E-state index is 13.1. The van der Waals surface area contributed by atoms with Crippen LogP contribution in [-0.2, 0) is 6.61 Å². The van der Waals surface area contributed by atoms with Crippen molar-refractivity contribution < 1.29 is 9.50 Å². The minimum absolute atomic E-state index is 0.263. The van der Waals surface area contributed by atoms with Crippen LogP contribution in [0.3, 0.4) is 0 Å². The van der Waals surface area contributed by atoms with Gasteiger partial charge in [-0.25, -0.2) is 4.39 Å². The van der Waals surface area contributed by atoms with Crippen molar-refractivity contribution in [1.82, 2.24) is 0 Å². The van der Waals surface area contributed by atoms with E-state index >= 15 is 0 Å². The van der Waals surface area contributed by atoms with E-state index in [1.165, 1.54) is 0 Å². The molecule has 1 aromatic rings. The van der Waals surface area contributed by atoms with Gasteiger partial charge in [0.1, 0.15) is 0 Å². The van der Waals surface area contributed by atoms with Crippen molar-refractivity contribution in [3.63, 3.8) is 0 Å². The van der Waals surface area contributed by atoms with Gasteiger partial charge in [0, 0.05) is 12.6 Å². The van der Waals surface area contributed by atoms with Crippen molar-refractivity contribution in [2.45, 2.75) is 6.61 Å². The predicted molar refractivity (Wildman–Crippen MR) is 41.9 cm³/mol. The fourth-order valence-electron chi connectivity index (χ4n) is 0.895. The summed E-state index contributed by atoms with van der Waals surface area (Å²) in [6.07, 6.45) is 0. The van der Waals surface area contributed by atoms with Crippen molar-refractivity contribution in [3.05, 3.63) is 29.6 Å². The summed E-state index contributed by atoms with van der Waals surface area (Å²) >= 11 is 0. The topological polar surface area (TPSA) is 32.3 Å². The molecule has 0 radical (unpaired) electrons. The summed E-state index contributed by atoms with van der Waals surface area (Å²) in [6, 6.07) is 4.87. The Morgan fingerprint density at radius 3 is 2.82 bits per heavy atom. The molecule has 0 heterocycles. The number of benzene rings is 1. The third-order valence-electron chi connectivity index (χ3n) is 1.52. The number of hydrogen-bond donors (Lipinski definition) is 2. The number of anilines is 1. The first-order chi connectivity index (χ1) is 5.29. The molecule has 0 aromatic heterocycles. The van der Waals surface area contributed by atoms with Gasteiger partial charge >= 0.3 is 0 Å². The van der Waals surface area contributed by atoms with Gasteiger partial charge in [-0.2, -0.15) is 0 Å². The normalized spacial score (nSPS) is 9.73. The van der Waals surface area contributed by atoms with E-state index in [0.29, 0.717) is 11.3 Å². The highest BCUT2D eigenvalue weighted by Gasteiger charge is 2.03. The highest BCUT2D eigenvalue weighted by molar-refractivity contribution is 5.46. The summed E-state index contributed by atoms with van der Waals surface area (Å²) < 4.78 is 13.1. The molecule has 3 heteroatoms. The van der Waals surface area contributed by atoms with Gasteiger partial charge in [-0.05, 0) is 6.07 Å². The van der Waals surface area contributed by atoms with E-state index in [0.717, 1.165) is 0 Å². The molecule has 2 N–H and O–H groups in total. The van der Waals surface area contributed by atoms with Crippen LogP contribution in [-0.4, -0.2) is 12.2 Å². The maximum atomic E-state index is 13.1. The molecule has 0 spiro atoms. The number of aliphatic hydroxyl groups is 1. The molecular formula is C8H10FNO. The Morgan fingerprint density at radius 2 is 2.27 bits per heavy atom. The molecule has 0 aliphatic heterocycles. The van der Waals surface area contributed by atoms with Gasteiger partial charge in [-0.15, -0.1) is 0 Å². The minimum atomic E-state index is -0.377. The molecule has 1 aromatic carbocycles. The summed E-state index contributed by atoms with van der Waals surface area (Å²) in [5.41, 5.74) is 0.730. The zero-order chi connectivity index (χ0) is 8.27. The zero-order valence-corrected chi connectivity index (χ0v) is 6.26. The van der Waals surface area contributed by atoms with Crippen LogP contribution in [0.1, 0.15) is 5.56 Å². The number of hydrogen-bond acceptors (Lipinski definition) is 2. The van der Waals surface area contributed by atoms with Gasteiger partial charge in [-0.1, -0.05) is 12.1 Å². The van der Waals surface area contributed by atoms with Gasteiger partial charge < -0.3 is 10.4 Å². The van der Waals surface area contributed by atoms with E-state index in [2.05, 4.69) is 5.32 Å². The Balaban J connectivity index is 3.10. The van der Waals surface area contributed by atoms with Crippen LogP contribution in [0, 0.1) is 5.82 Å². The monoisotopic (exact) mass is 155 g/mol. The maximum Gasteiger partial charge on any atom is 0.151 e. The van der Waals surface area contributed by atoms with Crippen LogP contribution in [0.15, 0.2) is 18.2 Å². The molecule has 0 bridgehead atoms. The molecule has 60 valence electrons. The Morgan fingerprint density at radius 1 is 1.55 bits per heavy atom. The second kappa shape index (κ2) is 3.34. The van der Waals surface area contributed by atoms with Crippen molar-refractivity contribution in [2.75, 3.05) is 12.4 Å². The summed E-state index contributed by atoms with van der Waals surface area (Å²) in [6.45, 7) is -0.263. The smallest absolute Gasteiger partial charge is 0.151 e. The highest BCUT2D eigenvalue weighted by Crippen LogP contribution is 2.16. The fourth-order valence-corrected chi connectivity index (χ4v) is 0.895. The van der Waals surface area contributed by atoms with Crippen LogP contribution >= 0.6 is 0 Å². The Hall–Kier alpha value is -1.09. The Kier molecular flexibility index (Phi) is 2.44. The second-order valence-corrected chi connectivity index (χ2v) is 2.19. The first kappa shape index (κ1) is 8.01. The average molecular weight is 155 g/mol. The lowest BCUT2D eigenvalue weighted by Gasteiger charge is -2.04. The molecule has 0 aliphatic carbocycles. The number of aliphatic hydroxyl groups excluding tert-OH is 1. The van der Waals surface area contributed by atoms with Crippen molar-refractivity contribution in [2.24, 2.45) is 0 Å². The molecule has 11 heavy (non-hydrogen) atoms. The highest BCUT2D eigenvalue weighted by atomic mass is 19.1. The minimum Gasteiger partial charge on any atom is -0.392 e. The van der Waals surface area contributed by atoms with Gasteiger partial charge in [0.05, 0.1) is 12.3 Å². The first-order valence-electron chi connectivity index (χ1n) is 3.35. The summed E-state index contributed by atoms with van der Waals surface area (Å²) in [5.74, 6) is -0.377. The van der Waals surface area contributed by atoms with Crippen LogP contribution in [0.5, 0.6) is 0 Å². The van der Waals surface area contributed by atoms with E-state index < -0.39 is 0 Å². The molecule has 1 rings (SSSR count). The third kappa shape index (κ3) is 1.49. The lowest BCUT2D eigenvalue weighted by Crippen LogP contribution is -1.96. The summed E-state index contributed by atoms with van der Waals surface area (Å²) in [4.78, 5) is 0. The van der Waals surface area contributed by atoms with Crippen molar-refractivity contribution in [1.29, 1.82) is 0 Å². The van der Waals surface area contributed by atoms with Crippen molar-refractivity contribution in [3.8, 4) is 0 Å². The Bertz CT molecular complexity index is 228. The Labute approximate surface area is 64.7 Å². The lowest BCUT2D eigenvalue weighted by molar-refractivity contribution is 0.276. The van der Waals surface area contributed by atoms with Crippen LogP contribution in [0.4, 0.5) is 10.1 Å². The van der Waals surface area contributed by atoms with Gasteiger partial charge in [-0.3, -0.25) is 0 Å².